The molecule has 3 rings (SSSR count). The Kier molecular flexibility index (Phi) is 5.96. The lowest BCUT2D eigenvalue weighted by Gasteiger charge is -2.29. The standard InChI is InChI=1S/C19H22Cl2N2/c20-17-9-3-1-7-15(17)13-22-14-19(23-11-5-6-12-23)16-8-2-4-10-18(16)21/h1-4,7-10,19,22H,5-6,11-14H2. The zero-order valence-electron chi connectivity index (χ0n) is 13.1. The fourth-order valence-electron chi connectivity index (χ4n) is 3.22. The Labute approximate surface area is 148 Å². The molecule has 0 radical (unpaired) electrons. The van der Waals surface area contributed by atoms with E-state index in [4.69, 9.17) is 23.2 Å². The molecule has 1 N–H and O–H groups in total. The molecule has 1 saturated heterocycles. The van der Waals surface area contributed by atoms with Crippen LogP contribution in [0.15, 0.2) is 48.5 Å². The molecule has 4 heteroatoms. The molecule has 2 aromatic carbocycles. The average Bonchev–Trinajstić information content (AvgIpc) is 3.08. The summed E-state index contributed by atoms with van der Waals surface area (Å²) in [4.78, 5) is 2.53. The molecule has 1 aliphatic heterocycles. The van der Waals surface area contributed by atoms with Crippen molar-refractivity contribution in [3.05, 3.63) is 69.7 Å². The maximum Gasteiger partial charge on any atom is 0.0487 e. The fraction of sp³-hybridized carbons (Fsp3) is 0.368. The average molecular weight is 349 g/mol. The van der Waals surface area contributed by atoms with Crippen LogP contribution in [0, 0.1) is 0 Å². The van der Waals surface area contributed by atoms with Crippen molar-refractivity contribution in [3.63, 3.8) is 0 Å². The van der Waals surface area contributed by atoms with Crippen molar-refractivity contribution >= 4 is 23.2 Å². The Bertz CT molecular complexity index is 639. The summed E-state index contributed by atoms with van der Waals surface area (Å²) in [5.41, 5.74) is 2.34. The summed E-state index contributed by atoms with van der Waals surface area (Å²) in [7, 11) is 0. The second kappa shape index (κ2) is 8.16. The molecule has 0 aliphatic carbocycles. The topological polar surface area (TPSA) is 15.3 Å². The quantitative estimate of drug-likeness (QED) is 0.796. The summed E-state index contributed by atoms with van der Waals surface area (Å²) in [6.45, 7) is 3.93. The molecule has 1 aliphatic rings. The van der Waals surface area contributed by atoms with Crippen molar-refractivity contribution in [1.29, 1.82) is 0 Å². The van der Waals surface area contributed by atoms with Gasteiger partial charge < -0.3 is 5.32 Å². The number of likely N-dealkylation sites (tertiary alicyclic amines) is 1. The minimum absolute atomic E-state index is 0.314. The summed E-state index contributed by atoms with van der Waals surface area (Å²) in [5.74, 6) is 0. The third kappa shape index (κ3) is 4.27. The molecule has 122 valence electrons. The molecule has 0 saturated carbocycles. The third-order valence-corrected chi connectivity index (χ3v) is 5.17. The van der Waals surface area contributed by atoms with E-state index in [0.29, 0.717) is 6.04 Å². The number of nitrogens with one attached hydrogen (secondary N) is 1. The number of hydrogen-bond acceptors (Lipinski definition) is 2. The Balaban J connectivity index is 1.69. The molecule has 1 fully saturated rings. The van der Waals surface area contributed by atoms with E-state index in [2.05, 4.69) is 28.4 Å². The van der Waals surface area contributed by atoms with E-state index in [0.717, 1.165) is 41.8 Å². The third-order valence-electron chi connectivity index (χ3n) is 4.46. The highest BCUT2D eigenvalue weighted by Gasteiger charge is 2.24. The van der Waals surface area contributed by atoms with Crippen LogP contribution >= 0.6 is 23.2 Å². The molecule has 23 heavy (non-hydrogen) atoms. The fourth-order valence-corrected chi connectivity index (χ4v) is 3.68. The molecule has 2 aromatic rings. The van der Waals surface area contributed by atoms with Gasteiger partial charge in [0.05, 0.1) is 0 Å². The number of rotatable bonds is 6. The molecule has 0 spiro atoms. The van der Waals surface area contributed by atoms with Crippen molar-refractivity contribution < 1.29 is 0 Å². The summed E-state index contributed by atoms with van der Waals surface area (Å²) in [6.07, 6.45) is 2.54. The van der Waals surface area contributed by atoms with Crippen LogP contribution in [0.4, 0.5) is 0 Å². The van der Waals surface area contributed by atoms with E-state index < -0.39 is 0 Å². The van der Waals surface area contributed by atoms with Gasteiger partial charge in [-0.25, -0.2) is 0 Å². The van der Waals surface area contributed by atoms with Crippen LogP contribution in [0.1, 0.15) is 30.0 Å². The first kappa shape index (κ1) is 16.8. The van der Waals surface area contributed by atoms with Gasteiger partial charge in [-0.2, -0.15) is 0 Å². The molecular formula is C19H22Cl2N2. The first-order chi connectivity index (χ1) is 11.3. The number of hydrogen-bond donors (Lipinski definition) is 1. The van der Waals surface area contributed by atoms with Gasteiger partial charge in [-0.1, -0.05) is 59.6 Å². The lowest BCUT2D eigenvalue weighted by Crippen LogP contribution is -2.34. The lowest BCUT2D eigenvalue weighted by molar-refractivity contribution is 0.238. The molecule has 1 atom stereocenters. The Morgan fingerprint density at radius 2 is 1.57 bits per heavy atom. The van der Waals surface area contributed by atoms with Crippen LogP contribution < -0.4 is 5.32 Å². The monoisotopic (exact) mass is 348 g/mol. The highest BCUT2D eigenvalue weighted by Crippen LogP contribution is 2.29. The molecular weight excluding hydrogens is 327 g/mol. The predicted octanol–water partition coefficient (Wildman–Crippen LogP) is 4.92. The number of halogens is 2. The molecule has 1 unspecified atom stereocenters. The SMILES string of the molecule is Clc1ccccc1CNCC(c1ccccc1Cl)N1CCCC1. The summed E-state index contributed by atoms with van der Waals surface area (Å²) in [6, 6.07) is 16.5. The van der Waals surface area contributed by atoms with Gasteiger partial charge in [0.1, 0.15) is 0 Å². The minimum atomic E-state index is 0.314. The first-order valence-corrected chi connectivity index (χ1v) is 8.94. The van der Waals surface area contributed by atoms with Gasteiger partial charge in [0.2, 0.25) is 0 Å². The van der Waals surface area contributed by atoms with Crippen LogP contribution in [-0.4, -0.2) is 24.5 Å². The second-order valence-electron chi connectivity index (χ2n) is 6.00. The maximum atomic E-state index is 6.44. The van der Waals surface area contributed by atoms with Crippen molar-refractivity contribution in [2.75, 3.05) is 19.6 Å². The van der Waals surface area contributed by atoms with Gasteiger partial charge in [-0.15, -0.1) is 0 Å². The van der Waals surface area contributed by atoms with Gasteiger partial charge >= 0.3 is 0 Å². The van der Waals surface area contributed by atoms with Crippen molar-refractivity contribution in [3.8, 4) is 0 Å². The van der Waals surface area contributed by atoms with Crippen LogP contribution in [0.2, 0.25) is 10.0 Å². The summed E-state index contributed by atoms with van der Waals surface area (Å²) < 4.78 is 0. The molecule has 1 heterocycles. The zero-order chi connectivity index (χ0) is 16.1. The van der Waals surface area contributed by atoms with Gasteiger partial charge in [0.25, 0.3) is 0 Å². The van der Waals surface area contributed by atoms with Gasteiger partial charge in [-0.05, 0) is 49.2 Å². The normalized spacial score (nSPS) is 16.6. The summed E-state index contributed by atoms with van der Waals surface area (Å²) >= 11 is 12.7. The van der Waals surface area contributed by atoms with Crippen molar-refractivity contribution in [2.45, 2.75) is 25.4 Å². The molecule has 0 aromatic heterocycles. The van der Waals surface area contributed by atoms with Gasteiger partial charge in [-0.3, -0.25) is 4.90 Å². The van der Waals surface area contributed by atoms with E-state index >= 15 is 0 Å². The Morgan fingerprint density at radius 1 is 0.913 bits per heavy atom. The largest absolute Gasteiger partial charge is 0.311 e. The Morgan fingerprint density at radius 3 is 2.26 bits per heavy atom. The van der Waals surface area contributed by atoms with Gasteiger partial charge in [0.15, 0.2) is 0 Å². The van der Waals surface area contributed by atoms with Crippen molar-refractivity contribution in [2.24, 2.45) is 0 Å². The first-order valence-electron chi connectivity index (χ1n) is 8.18. The highest BCUT2D eigenvalue weighted by molar-refractivity contribution is 6.31. The number of benzene rings is 2. The zero-order valence-corrected chi connectivity index (χ0v) is 14.7. The Hall–Kier alpha value is -1.06. The van der Waals surface area contributed by atoms with E-state index in [1.54, 1.807) is 0 Å². The maximum absolute atomic E-state index is 6.44. The molecule has 0 amide bonds. The van der Waals surface area contributed by atoms with Crippen LogP contribution in [0.25, 0.3) is 0 Å². The predicted molar refractivity (Wildman–Crippen MR) is 98.2 cm³/mol. The second-order valence-corrected chi connectivity index (χ2v) is 6.82. The lowest BCUT2D eigenvalue weighted by atomic mass is 10.1. The van der Waals surface area contributed by atoms with Gasteiger partial charge in [0, 0.05) is 29.2 Å². The van der Waals surface area contributed by atoms with E-state index in [1.165, 1.54) is 18.4 Å². The van der Waals surface area contributed by atoms with Crippen LogP contribution in [0.3, 0.4) is 0 Å². The van der Waals surface area contributed by atoms with E-state index in [9.17, 15) is 0 Å². The van der Waals surface area contributed by atoms with Crippen LogP contribution in [-0.2, 0) is 6.54 Å². The smallest absolute Gasteiger partial charge is 0.0487 e. The molecule has 2 nitrogen and oxygen atoms in total. The molecule has 0 bridgehead atoms. The summed E-state index contributed by atoms with van der Waals surface area (Å²) in [5, 5.41) is 5.23. The number of nitrogens with zero attached hydrogens (tertiary/aromatic N) is 1. The highest BCUT2D eigenvalue weighted by atomic mass is 35.5. The van der Waals surface area contributed by atoms with E-state index in [1.807, 2.05) is 30.3 Å². The van der Waals surface area contributed by atoms with E-state index in [-0.39, 0.29) is 0 Å². The van der Waals surface area contributed by atoms with Crippen LogP contribution in [0.5, 0.6) is 0 Å². The minimum Gasteiger partial charge on any atom is -0.311 e. The van der Waals surface area contributed by atoms with Crippen molar-refractivity contribution in [1.82, 2.24) is 10.2 Å².